The van der Waals surface area contributed by atoms with Crippen LogP contribution in [0.15, 0.2) is 54.6 Å². The maximum Gasteiger partial charge on any atom is 0.336 e. The molecular weight excluding hydrogens is 344 g/mol. The Morgan fingerprint density at radius 1 is 0.815 bits per heavy atom. The molecule has 0 spiro atoms. The van der Waals surface area contributed by atoms with Crippen LogP contribution >= 0.6 is 0 Å². The number of rotatable bonds is 6. The van der Waals surface area contributed by atoms with Crippen LogP contribution in [0.2, 0.25) is 0 Å². The Morgan fingerprint density at radius 3 is 2.00 bits per heavy atom. The molecule has 2 aromatic carbocycles. The molecule has 0 heterocycles. The third-order valence-corrected chi connectivity index (χ3v) is 4.02. The molecule has 27 heavy (non-hydrogen) atoms. The minimum absolute atomic E-state index is 0.238. The monoisotopic (exact) mass is 368 g/mol. The van der Waals surface area contributed by atoms with Gasteiger partial charge in [-0.15, -0.1) is 0 Å². The standard InChI is InChI=1S/C20H24N4O3/c1-3-24(4-2)20(27)23-22-18(25)14-21-19(26)17-12-10-16(11-13-17)15-8-6-5-7-9-15/h5-13H,3-4,14H2,1-2H3,(H,21,26)(H,22,25)(H,23,27). The molecule has 0 aliphatic carbocycles. The molecule has 0 unspecified atom stereocenters. The third-order valence-electron chi connectivity index (χ3n) is 4.02. The summed E-state index contributed by atoms with van der Waals surface area (Å²) in [5, 5.41) is 2.52. The van der Waals surface area contributed by atoms with Gasteiger partial charge in [-0.3, -0.25) is 15.0 Å². The number of carbonyl (C=O) groups is 3. The highest BCUT2D eigenvalue weighted by molar-refractivity contribution is 5.97. The van der Waals surface area contributed by atoms with Gasteiger partial charge in [0, 0.05) is 18.7 Å². The minimum atomic E-state index is -0.509. The molecule has 0 fully saturated rings. The molecule has 7 heteroatoms. The lowest BCUT2D eigenvalue weighted by molar-refractivity contribution is -0.120. The predicted octanol–water partition coefficient (Wildman–Crippen LogP) is 2.17. The minimum Gasteiger partial charge on any atom is -0.343 e. The highest BCUT2D eigenvalue weighted by Crippen LogP contribution is 2.19. The van der Waals surface area contributed by atoms with Crippen molar-refractivity contribution in [3.05, 3.63) is 60.2 Å². The fourth-order valence-electron chi connectivity index (χ4n) is 2.46. The van der Waals surface area contributed by atoms with E-state index in [4.69, 9.17) is 0 Å². The first-order valence-electron chi connectivity index (χ1n) is 8.82. The average molecular weight is 368 g/mol. The number of amides is 4. The fourth-order valence-corrected chi connectivity index (χ4v) is 2.46. The summed E-state index contributed by atoms with van der Waals surface area (Å²) >= 11 is 0. The molecule has 0 saturated carbocycles. The number of carbonyl (C=O) groups excluding carboxylic acids is 3. The second-order valence-corrected chi connectivity index (χ2v) is 5.78. The van der Waals surface area contributed by atoms with E-state index in [-0.39, 0.29) is 12.5 Å². The summed E-state index contributed by atoms with van der Waals surface area (Å²) in [4.78, 5) is 37.2. The van der Waals surface area contributed by atoms with Crippen molar-refractivity contribution in [2.45, 2.75) is 13.8 Å². The molecule has 142 valence electrons. The summed E-state index contributed by atoms with van der Waals surface area (Å²) in [7, 11) is 0. The smallest absolute Gasteiger partial charge is 0.336 e. The van der Waals surface area contributed by atoms with E-state index in [1.54, 1.807) is 12.1 Å². The SMILES string of the molecule is CCN(CC)C(=O)NNC(=O)CNC(=O)c1ccc(-c2ccccc2)cc1. The number of nitrogens with zero attached hydrogens (tertiary/aromatic N) is 1. The van der Waals surface area contributed by atoms with Gasteiger partial charge in [-0.1, -0.05) is 42.5 Å². The summed E-state index contributed by atoms with van der Waals surface area (Å²) in [6.07, 6.45) is 0. The Labute approximate surface area is 158 Å². The fraction of sp³-hybridized carbons (Fsp3) is 0.250. The molecule has 2 aromatic rings. The van der Waals surface area contributed by atoms with Crippen molar-refractivity contribution in [3.8, 4) is 11.1 Å². The first kappa shape index (κ1) is 20.0. The van der Waals surface area contributed by atoms with Crippen LogP contribution in [0.25, 0.3) is 11.1 Å². The van der Waals surface area contributed by atoms with E-state index in [1.165, 1.54) is 4.90 Å². The van der Waals surface area contributed by atoms with Gasteiger partial charge in [-0.05, 0) is 37.1 Å². The van der Waals surface area contributed by atoms with Crippen molar-refractivity contribution in [2.24, 2.45) is 0 Å². The van der Waals surface area contributed by atoms with Gasteiger partial charge in [-0.2, -0.15) is 0 Å². The molecule has 0 aliphatic heterocycles. The Bertz CT molecular complexity index is 772. The van der Waals surface area contributed by atoms with E-state index in [1.807, 2.05) is 56.3 Å². The molecule has 2 rings (SSSR count). The number of hydrogen-bond acceptors (Lipinski definition) is 3. The number of hydrogen-bond donors (Lipinski definition) is 3. The van der Waals surface area contributed by atoms with Crippen LogP contribution in [0.1, 0.15) is 24.2 Å². The van der Waals surface area contributed by atoms with E-state index >= 15 is 0 Å². The van der Waals surface area contributed by atoms with Gasteiger partial charge >= 0.3 is 6.03 Å². The van der Waals surface area contributed by atoms with E-state index < -0.39 is 11.9 Å². The summed E-state index contributed by atoms with van der Waals surface area (Å²) in [6, 6.07) is 16.6. The zero-order valence-corrected chi connectivity index (χ0v) is 15.5. The molecule has 0 radical (unpaired) electrons. The van der Waals surface area contributed by atoms with Crippen LogP contribution in [-0.4, -0.2) is 42.4 Å². The lowest BCUT2D eigenvalue weighted by Crippen LogP contribution is -2.51. The van der Waals surface area contributed by atoms with E-state index in [0.717, 1.165) is 11.1 Å². The molecule has 0 saturated heterocycles. The summed E-state index contributed by atoms with van der Waals surface area (Å²) in [5.74, 6) is -0.871. The van der Waals surface area contributed by atoms with Crippen LogP contribution in [0.5, 0.6) is 0 Å². The van der Waals surface area contributed by atoms with Gasteiger partial charge < -0.3 is 10.2 Å². The Kier molecular flexibility index (Phi) is 7.37. The maximum atomic E-state index is 12.1. The average Bonchev–Trinajstić information content (AvgIpc) is 2.72. The second-order valence-electron chi connectivity index (χ2n) is 5.78. The molecule has 3 N–H and O–H groups in total. The van der Waals surface area contributed by atoms with Gasteiger partial charge in [0.05, 0.1) is 6.54 Å². The summed E-state index contributed by atoms with van der Waals surface area (Å²) < 4.78 is 0. The summed E-state index contributed by atoms with van der Waals surface area (Å²) in [6.45, 7) is 4.52. The van der Waals surface area contributed by atoms with Crippen LogP contribution < -0.4 is 16.2 Å². The molecular formula is C20H24N4O3. The van der Waals surface area contributed by atoms with Crippen molar-refractivity contribution in [1.29, 1.82) is 0 Å². The van der Waals surface area contributed by atoms with Crippen LogP contribution in [0.3, 0.4) is 0 Å². The zero-order valence-electron chi connectivity index (χ0n) is 15.5. The first-order valence-corrected chi connectivity index (χ1v) is 8.82. The number of nitrogens with one attached hydrogen (secondary N) is 3. The maximum absolute atomic E-state index is 12.1. The Balaban J connectivity index is 1.81. The molecule has 0 atom stereocenters. The third kappa shape index (κ3) is 5.85. The van der Waals surface area contributed by atoms with Crippen molar-refractivity contribution < 1.29 is 14.4 Å². The molecule has 0 aromatic heterocycles. The van der Waals surface area contributed by atoms with Crippen LogP contribution in [0, 0.1) is 0 Å². The van der Waals surface area contributed by atoms with E-state index in [0.29, 0.717) is 18.7 Å². The summed E-state index contributed by atoms with van der Waals surface area (Å²) in [5.41, 5.74) is 7.10. The predicted molar refractivity (Wildman–Crippen MR) is 104 cm³/mol. The van der Waals surface area contributed by atoms with E-state index in [2.05, 4.69) is 16.2 Å². The van der Waals surface area contributed by atoms with Crippen molar-refractivity contribution in [3.63, 3.8) is 0 Å². The number of urea groups is 1. The Hall–Kier alpha value is -3.35. The topological polar surface area (TPSA) is 90.5 Å². The normalized spacial score (nSPS) is 10.0. The van der Waals surface area contributed by atoms with Crippen LogP contribution in [-0.2, 0) is 4.79 Å². The highest BCUT2D eigenvalue weighted by Gasteiger charge is 2.11. The van der Waals surface area contributed by atoms with Gasteiger partial charge in [-0.25, -0.2) is 10.2 Å². The number of hydrazine groups is 1. The number of benzene rings is 2. The lowest BCUT2D eigenvalue weighted by atomic mass is 10.0. The largest absolute Gasteiger partial charge is 0.343 e. The zero-order chi connectivity index (χ0) is 19.6. The molecule has 0 aliphatic rings. The van der Waals surface area contributed by atoms with Crippen molar-refractivity contribution >= 4 is 17.8 Å². The molecule has 7 nitrogen and oxygen atoms in total. The molecule has 4 amide bonds. The highest BCUT2D eigenvalue weighted by atomic mass is 16.2. The van der Waals surface area contributed by atoms with Gasteiger partial charge in [0.2, 0.25) is 0 Å². The van der Waals surface area contributed by atoms with Gasteiger partial charge in [0.15, 0.2) is 0 Å². The van der Waals surface area contributed by atoms with Gasteiger partial charge in [0.1, 0.15) is 0 Å². The first-order chi connectivity index (χ1) is 13.0. The van der Waals surface area contributed by atoms with E-state index in [9.17, 15) is 14.4 Å². The van der Waals surface area contributed by atoms with Gasteiger partial charge in [0.25, 0.3) is 11.8 Å². The lowest BCUT2D eigenvalue weighted by Gasteiger charge is -2.19. The van der Waals surface area contributed by atoms with Crippen molar-refractivity contribution in [2.75, 3.05) is 19.6 Å². The van der Waals surface area contributed by atoms with Crippen LogP contribution in [0.4, 0.5) is 4.79 Å². The quantitative estimate of drug-likeness (QED) is 0.683. The Morgan fingerprint density at radius 2 is 1.41 bits per heavy atom. The van der Waals surface area contributed by atoms with Crippen molar-refractivity contribution in [1.82, 2.24) is 21.1 Å². The second kappa shape index (κ2) is 9.96. The molecule has 0 bridgehead atoms.